The van der Waals surface area contributed by atoms with Gasteiger partial charge in [0.2, 0.25) is 0 Å². The molecule has 118 valence electrons. The molecule has 2 heterocycles. The maximum absolute atomic E-state index is 5.79. The number of benzene rings is 1. The Kier molecular flexibility index (Phi) is 6.65. The van der Waals surface area contributed by atoms with Crippen LogP contribution >= 0.6 is 12.4 Å². The molecule has 3 rings (SSSR count). The highest BCUT2D eigenvalue weighted by molar-refractivity contribution is 5.85. The molecule has 5 heteroatoms. The van der Waals surface area contributed by atoms with Crippen molar-refractivity contribution in [2.24, 2.45) is 0 Å². The van der Waals surface area contributed by atoms with Crippen molar-refractivity contribution in [3.63, 3.8) is 0 Å². The fraction of sp³-hybridized carbons (Fsp3) is 0.353. The number of nitrogens with one attached hydrogen (secondary N) is 1. The monoisotopic (exact) mass is 319 g/mol. The van der Waals surface area contributed by atoms with Crippen LogP contribution in [0.5, 0.6) is 5.75 Å². The molecular weight excluding hydrogens is 298 g/mol. The number of aromatic nitrogens is 1. The van der Waals surface area contributed by atoms with Gasteiger partial charge in [-0.05, 0) is 35.4 Å². The molecule has 1 aromatic heterocycles. The van der Waals surface area contributed by atoms with Crippen molar-refractivity contribution >= 4 is 12.4 Å². The highest BCUT2D eigenvalue weighted by Crippen LogP contribution is 2.15. The minimum atomic E-state index is 0. The number of pyridine rings is 1. The van der Waals surface area contributed by atoms with E-state index in [0.717, 1.165) is 44.0 Å². The molecule has 1 saturated heterocycles. The second-order valence-electron chi connectivity index (χ2n) is 5.31. The number of hydrogen-bond donors (Lipinski definition) is 1. The molecule has 2 aromatic rings. The number of halogens is 1. The highest BCUT2D eigenvalue weighted by atomic mass is 35.5. The van der Waals surface area contributed by atoms with Crippen LogP contribution in [0.25, 0.3) is 0 Å². The van der Waals surface area contributed by atoms with Crippen LogP contribution in [-0.2, 0) is 13.2 Å². The van der Waals surface area contributed by atoms with Crippen molar-refractivity contribution < 1.29 is 4.74 Å². The maximum atomic E-state index is 5.79. The Morgan fingerprint density at radius 1 is 0.955 bits per heavy atom. The Morgan fingerprint density at radius 3 is 2.32 bits per heavy atom. The lowest BCUT2D eigenvalue weighted by Crippen LogP contribution is -2.42. The van der Waals surface area contributed by atoms with Gasteiger partial charge in [-0.1, -0.05) is 12.1 Å². The van der Waals surface area contributed by atoms with Crippen LogP contribution in [0.1, 0.15) is 11.1 Å². The van der Waals surface area contributed by atoms with Crippen molar-refractivity contribution in [1.82, 2.24) is 15.2 Å². The lowest BCUT2D eigenvalue weighted by molar-refractivity contribution is 0.233. The zero-order valence-electron chi connectivity index (χ0n) is 12.6. The molecule has 22 heavy (non-hydrogen) atoms. The van der Waals surface area contributed by atoms with Crippen LogP contribution in [0.4, 0.5) is 0 Å². The Morgan fingerprint density at radius 2 is 1.64 bits per heavy atom. The van der Waals surface area contributed by atoms with Crippen LogP contribution in [0.3, 0.4) is 0 Å². The zero-order valence-corrected chi connectivity index (χ0v) is 13.4. The first-order chi connectivity index (χ1) is 10.4. The average molecular weight is 320 g/mol. The van der Waals surface area contributed by atoms with E-state index < -0.39 is 0 Å². The largest absolute Gasteiger partial charge is 0.489 e. The van der Waals surface area contributed by atoms with Crippen LogP contribution < -0.4 is 10.1 Å². The van der Waals surface area contributed by atoms with E-state index in [0.29, 0.717) is 6.61 Å². The lowest BCUT2D eigenvalue weighted by atomic mass is 10.2. The fourth-order valence-electron chi connectivity index (χ4n) is 2.46. The van der Waals surface area contributed by atoms with Crippen LogP contribution in [0.2, 0.25) is 0 Å². The molecule has 0 spiro atoms. The third kappa shape index (κ3) is 4.98. The van der Waals surface area contributed by atoms with Gasteiger partial charge in [-0.3, -0.25) is 9.88 Å². The molecule has 0 aliphatic carbocycles. The van der Waals surface area contributed by atoms with E-state index in [4.69, 9.17) is 4.74 Å². The molecule has 1 aromatic carbocycles. The molecule has 1 fully saturated rings. The summed E-state index contributed by atoms with van der Waals surface area (Å²) in [5.41, 5.74) is 2.48. The average Bonchev–Trinajstić information content (AvgIpc) is 2.56. The number of nitrogens with zero attached hydrogens (tertiary/aromatic N) is 2. The van der Waals surface area contributed by atoms with Crippen molar-refractivity contribution in [1.29, 1.82) is 0 Å². The topological polar surface area (TPSA) is 37.4 Å². The predicted molar refractivity (Wildman–Crippen MR) is 90.4 cm³/mol. The van der Waals surface area contributed by atoms with Crippen molar-refractivity contribution in [2.75, 3.05) is 26.2 Å². The van der Waals surface area contributed by atoms with Gasteiger partial charge in [-0.2, -0.15) is 0 Å². The van der Waals surface area contributed by atoms with E-state index in [1.165, 1.54) is 5.56 Å². The first-order valence-corrected chi connectivity index (χ1v) is 7.44. The smallest absolute Gasteiger partial charge is 0.119 e. The Bertz CT molecular complexity index is 542. The van der Waals surface area contributed by atoms with Gasteiger partial charge in [-0.25, -0.2) is 0 Å². The summed E-state index contributed by atoms with van der Waals surface area (Å²) in [6, 6.07) is 12.4. The van der Waals surface area contributed by atoms with Crippen LogP contribution in [0, 0.1) is 0 Å². The number of hydrogen-bond acceptors (Lipinski definition) is 4. The third-order valence-corrected chi connectivity index (χ3v) is 3.69. The summed E-state index contributed by atoms with van der Waals surface area (Å²) < 4.78 is 5.79. The highest BCUT2D eigenvalue weighted by Gasteiger charge is 2.09. The first kappa shape index (κ1) is 16.7. The molecule has 0 amide bonds. The molecule has 1 aliphatic heterocycles. The van der Waals surface area contributed by atoms with Gasteiger partial charge in [0.15, 0.2) is 0 Å². The summed E-state index contributed by atoms with van der Waals surface area (Å²) in [6.45, 7) is 6.03. The molecular formula is C17H22ClN3O. The fourth-order valence-corrected chi connectivity index (χ4v) is 2.46. The van der Waals surface area contributed by atoms with E-state index in [9.17, 15) is 0 Å². The van der Waals surface area contributed by atoms with Crippen LogP contribution in [0.15, 0.2) is 48.8 Å². The Labute approximate surface area is 137 Å². The molecule has 0 radical (unpaired) electrons. The van der Waals surface area contributed by atoms with Gasteiger partial charge in [0.25, 0.3) is 0 Å². The van der Waals surface area contributed by atoms with E-state index in [1.54, 1.807) is 12.4 Å². The molecule has 1 N–H and O–H groups in total. The van der Waals surface area contributed by atoms with Crippen molar-refractivity contribution in [2.45, 2.75) is 13.2 Å². The lowest BCUT2D eigenvalue weighted by Gasteiger charge is -2.27. The number of rotatable bonds is 5. The summed E-state index contributed by atoms with van der Waals surface area (Å²) in [7, 11) is 0. The molecule has 1 aliphatic rings. The van der Waals surface area contributed by atoms with Gasteiger partial charge < -0.3 is 10.1 Å². The second-order valence-corrected chi connectivity index (χ2v) is 5.31. The zero-order chi connectivity index (χ0) is 14.3. The maximum Gasteiger partial charge on any atom is 0.119 e. The molecule has 4 nitrogen and oxygen atoms in total. The Hall–Kier alpha value is -1.62. The molecule has 0 saturated carbocycles. The normalized spacial score (nSPS) is 15.1. The standard InChI is InChI=1S/C17H21N3O.ClH/c1-3-17(21-14-16-5-7-18-8-6-16)4-2-15(1)13-20-11-9-19-10-12-20;/h1-8,19H,9-14H2;1H. The summed E-state index contributed by atoms with van der Waals surface area (Å²) >= 11 is 0. The summed E-state index contributed by atoms with van der Waals surface area (Å²) in [4.78, 5) is 6.48. The van der Waals surface area contributed by atoms with Gasteiger partial charge in [0, 0.05) is 45.1 Å². The summed E-state index contributed by atoms with van der Waals surface area (Å²) in [5.74, 6) is 0.913. The van der Waals surface area contributed by atoms with Gasteiger partial charge in [-0.15, -0.1) is 12.4 Å². The van der Waals surface area contributed by atoms with Crippen molar-refractivity contribution in [3.05, 3.63) is 59.9 Å². The summed E-state index contributed by atoms with van der Waals surface area (Å²) in [6.07, 6.45) is 3.57. The van der Waals surface area contributed by atoms with E-state index >= 15 is 0 Å². The molecule has 0 atom stereocenters. The van der Waals surface area contributed by atoms with Gasteiger partial charge >= 0.3 is 0 Å². The minimum absolute atomic E-state index is 0. The molecule has 0 unspecified atom stereocenters. The van der Waals surface area contributed by atoms with Gasteiger partial charge in [0.1, 0.15) is 12.4 Å². The Balaban J connectivity index is 0.00000176. The summed E-state index contributed by atoms with van der Waals surface area (Å²) in [5, 5.41) is 3.38. The van der Waals surface area contributed by atoms with E-state index in [2.05, 4.69) is 39.5 Å². The number of piperazine rings is 1. The minimum Gasteiger partial charge on any atom is -0.489 e. The third-order valence-electron chi connectivity index (χ3n) is 3.69. The quantitative estimate of drug-likeness (QED) is 0.919. The second kappa shape index (κ2) is 8.73. The van der Waals surface area contributed by atoms with E-state index in [1.807, 2.05) is 12.1 Å². The van der Waals surface area contributed by atoms with Crippen molar-refractivity contribution in [3.8, 4) is 5.75 Å². The first-order valence-electron chi connectivity index (χ1n) is 7.44. The molecule has 0 bridgehead atoms. The SMILES string of the molecule is Cl.c1cc(COc2ccc(CN3CCNCC3)cc2)ccn1. The van der Waals surface area contributed by atoms with Gasteiger partial charge in [0.05, 0.1) is 0 Å². The number of ether oxygens (including phenoxy) is 1. The van der Waals surface area contributed by atoms with E-state index in [-0.39, 0.29) is 12.4 Å². The predicted octanol–water partition coefficient (Wildman–Crippen LogP) is 2.49. The van der Waals surface area contributed by atoms with Crippen LogP contribution in [-0.4, -0.2) is 36.1 Å².